The summed E-state index contributed by atoms with van der Waals surface area (Å²) in [6, 6.07) is -0.433. The molecule has 0 heterocycles. The fraction of sp³-hybridized carbons (Fsp3) is 0.900. The van der Waals surface area contributed by atoms with Crippen molar-refractivity contribution in [3.63, 3.8) is 0 Å². The number of hydrogen-bond donors (Lipinski definition) is 3. The van der Waals surface area contributed by atoms with Gasteiger partial charge in [0.2, 0.25) is 5.91 Å². The molecule has 0 saturated heterocycles. The maximum atomic E-state index is 11.5. The van der Waals surface area contributed by atoms with Crippen LogP contribution in [0.5, 0.6) is 0 Å². The number of rotatable bonds is 4. The van der Waals surface area contributed by atoms with Crippen molar-refractivity contribution in [2.45, 2.75) is 39.8 Å². The van der Waals surface area contributed by atoms with Crippen molar-refractivity contribution < 1.29 is 9.90 Å². The molecule has 0 aliphatic carbocycles. The maximum absolute atomic E-state index is 11.5. The highest BCUT2D eigenvalue weighted by Crippen LogP contribution is 2.18. The van der Waals surface area contributed by atoms with Crippen molar-refractivity contribution in [3.05, 3.63) is 0 Å². The molecule has 0 bridgehead atoms. The second kappa shape index (κ2) is 5.32. The quantitative estimate of drug-likeness (QED) is 0.606. The molecule has 0 aromatic carbocycles. The molecular formula is C10H22N2O2. The van der Waals surface area contributed by atoms with Crippen molar-refractivity contribution in [2.24, 2.45) is 5.41 Å². The van der Waals surface area contributed by atoms with Crippen LogP contribution in [-0.2, 0) is 4.79 Å². The third kappa shape index (κ3) is 4.07. The zero-order chi connectivity index (χ0) is 11.4. The molecule has 84 valence electrons. The molecule has 2 atom stereocenters. The number of hydrogen-bond acceptors (Lipinski definition) is 3. The van der Waals surface area contributed by atoms with E-state index in [1.165, 1.54) is 0 Å². The van der Waals surface area contributed by atoms with Gasteiger partial charge in [0.25, 0.3) is 0 Å². The molecule has 0 rings (SSSR count). The van der Waals surface area contributed by atoms with E-state index in [2.05, 4.69) is 10.6 Å². The Kier molecular flexibility index (Phi) is 5.08. The average molecular weight is 202 g/mol. The van der Waals surface area contributed by atoms with E-state index >= 15 is 0 Å². The lowest BCUT2D eigenvalue weighted by atomic mass is 9.87. The normalized spacial score (nSPS) is 16.1. The maximum Gasteiger partial charge on any atom is 0.237 e. The second-order valence-electron chi connectivity index (χ2n) is 4.62. The fourth-order valence-corrected chi connectivity index (χ4v) is 0.964. The molecule has 0 aliphatic rings. The predicted molar refractivity (Wildman–Crippen MR) is 57.0 cm³/mol. The van der Waals surface area contributed by atoms with Gasteiger partial charge < -0.3 is 15.7 Å². The fourth-order valence-electron chi connectivity index (χ4n) is 0.964. The zero-order valence-electron chi connectivity index (χ0n) is 9.72. The van der Waals surface area contributed by atoms with Crippen molar-refractivity contribution >= 4 is 5.91 Å². The highest BCUT2D eigenvalue weighted by atomic mass is 16.3. The Bertz CT molecular complexity index is 187. The molecule has 1 amide bonds. The summed E-state index contributed by atoms with van der Waals surface area (Å²) in [7, 11) is 1.73. The first-order chi connectivity index (χ1) is 6.32. The van der Waals surface area contributed by atoms with Crippen molar-refractivity contribution in [3.8, 4) is 0 Å². The van der Waals surface area contributed by atoms with Crippen LogP contribution in [0.2, 0.25) is 0 Å². The summed E-state index contributed by atoms with van der Waals surface area (Å²) in [6.07, 6.45) is 0. The Balaban J connectivity index is 4.26. The Hall–Kier alpha value is -0.610. The number of carbonyl (C=O) groups is 1. The lowest BCUT2D eigenvalue weighted by Crippen LogP contribution is -2.51. The molecule has 0 spiro atoms. The van der Waals surface area contributed by atoms with E-state index in [9.17, 15) is 4.79 Å². The molecule has 14 heavy (non-hydrogen) atoms. The van der Waals surface area contributed by atoms with E-state index in [4.69, 9.17) is 5.11 Å². The number of amides is 1. The van der Waals surface area contributed by atoms with Crippen LogP contribution in [0.25, 0.3) is 0 Å². The van der Waals surface area contributed by atoms with Gasteiger partial charge in [0.05, 0.1) is 18.7 Å². The number of likely N-dealkylation sites (N-methyl/N-ethyl adjacent to an activating group) is 1. The first-order valence-electron chi connectivity index (χ1n) is 4.91. The molecule has 0 radical (unpaired) electrons. The van der Waals surface area contributed by atoms with Gasteiger partial charge in [-0.2, -0.15) is 0 Å². The van der Waals surface area contributed by atoms with Crippen LogP contribution in [0.3, 0.4) is 0 Å². The van der Waals surface area contributed by atoms with Gasteiger partial charge in [0.15, 0.2) is 0 Å². The van der Waals surface area contributed by atoms with Crippen molar-refractivity contribution in [2.75, 3.05) is 13.7 Å². The van der Waals surface area contributed by atoms with Gasteiger partial charge in [-0.15, -0.1) is 0 Å². The van der Waals surface area contributed by atoms with Crippen LogP contribution in [0.4, 0.5) is 0 Å². The summed E-state index contributed by atoms with van der Waals surface area (Å²) in [5, 5.41) is 14.8. The smallest absolute Gasteiger partial charge is 0.237 e. The van der Waals surface area contributed by atoms with Crippen LogP contribution < -0.4 is 10.6 Å². The van der Waals surface area contributed by atoms with E-state index in [-0.39, 0.29) is 30.0 Å². The first kappa shape index (κ1) is 13.4. The minimum atomic E-state index is -0.230. The number of nitrogens with one attached hydrogen (secondary N) is 2. The molecule has 4 heteroatoms. The van der Waals surface area contributed by atoms with E-state index in [1.807, 2.05) is 20.8 Å². The van der Waals surface area contributed by atoms with Crippen molar-refractivity contribution in [1.29, 1.82) is 0 Å². The molecule has 0 unspecified atom stereocenters. The summed E-state index contributed by atoms with van der Waals surface area (Å²) in [6.45, 7) is 7.70. The van der Waals surface area contributed by atoms with Crippen molar-refractivity contribution in [1.82, 2.24) is 10.6 Å². The van der Waals surface area contributed by atoms with Gasteiger partial charge in [-0.3, -0.25) is 4.79 Å². The molecule has 4 nitrogen and oxygen atoms in total. The van der Waals surface area contributed by atoms with Crippen LogP contribution in [0.1, 0.15) is 27.7 Å². The predicted octanol–water partition coefficient (Wildman–Crippen LogP) is 0.118. The van der Waals surface area contributed by atoms with E-state index < -0.39 is 0 Å². The molecule has 0 aliphatic heterocycles. The molecule has 3 N–H and O–H groups in total. The van der Waals surface area contributed by atoms with Gasteiger partial charge >= 0.3 is 0 Å². The highest BCUT2D eigenvalue weighted by Gasteiger charge is 2.26. The summed E-state index contributed by atoms with van der Waals surface area (Å²) in [5.41, 5.74) is -0.127. The highest BCUT2D eigenvalue weighted by molar-refractivity contribution is 5.81. The Morgan fingerprint density at radius 3 is 2.21 bits per heavy atom. The van der Waals surface area contributed by atoms with E-state index in [0.29, 0.717) is 0 Å². The third-order valence-corrected chi connectivity index (χ3v) is 2.37. The summed E-state index contributed by atoms with van der Waals surface area (Å²) >= 11 is 0. The van der Waals surface area contributed by atoms with Crippen LogP contribution in [-0.4, -0.2) is 36.8 Å². The standard InChI is InChI=1S/C10H22N2O2/c1-7(11-5)9(14)12-8(6-13)10(2,3)4/h7-8,11,13H,6H2,1-5H3,(H,12,14)/t7-,8+/m0/s1. The number of aliphatic hydroxyl groups excluding tert-OH is 1. The van der Waals surface area contributed by atoms with Crippen LogP contribution >= 0.6 is 0 Å². The van der Waals surface area contributed by atoms with Gasteiger partial charge in [-0.05, 0) is 19.4 Å². The van der Waals surface area contributed by atoms with Gasteiger partial charge in [0, 0.05) is 0 Å². The van der Waals surface area contributed by atoms with Gasteiger partial charge in [-0.25, -0.2) is 0 Å². The first-order valence-corrected chi connectivity index (χ1v) is 4.91. The SMILES string of the molecule is CN[C@@H](C)C(=O)N[C@H](CO)C(C)(C)C. The zero-order valence-corrected chi connectivity index (χ0v) is 9.72. The number of carbonyl (C=O) groups excluding carboxylic acids is 1. The largest absolute Gasteiger partial charge is 0.394 e. The van der Waals surface area contributed by atoms with Crippen LogP contribution in [0.15, 0.2) is 0 Å². The summed E-state index contributed by atoms with van der Waals surface area (Å²) < 4.78 is 0. The topological polar surface area (TPSA) is 61.4 Å². The lowest BCUT2D eigenvalue weighted by Gasteiger charge is -2.30. The molecular weight excluding hydrogens is 180 g/mol. The monoisotopic (exact) mass is 202 g/mol. The molecule has 0 saturated carbocycles. The summed E-state index contributed by atoms with van der Waals surface area (Å²) in [5.74, 6) is -0.0820. The van der Waals surface area contributed by atoms with E-state index in [0.717, 1.165) is 0 Å². The molecule has 0 aromatic heterocycles. The Morgan fingerprint density at radius 2 is 1.93 bits per heavy atom. The second-order valence-corrected chi connectivity index (χ2v) is 4.62. The Morgan fingerprint density at radius 1 is 1.43 bits per heavy atom. The average Bonchev–Trinajstić information content (AvgIpc) is 2.10. The minimum absolute atomic E-state index is 0.0360. The Labute approximate surface area is 86.1 Å². The summed E-state index contributed by atoms with van der Waals surface area (Å²) in [4.78, 5) is 11.5. The lowest BCUT2D eigenvalue weighted by molar-refractivity contribution is -0.124. The van der Waals surface area contributed by atoms with Crippen LogP contribution in [0, 0.1) is 5.41 Å². The third-order valence-electron chi connectivity index (χ3n) is 2.37. The van der Waals surface area contributed by atoms with Gasteiger partial charge in [0.1, 0.15) is 0 Å². The molecule has 0 aromatic rings. The van der Waals surface area contributed by atoms with Gasteiger partial charge in [-0.1, -0.05) is 20.8 Å². The minimum Gasteiger partial charge on any atom is -0.394 e. The van der Waals surface area contributed by atoms with E-state index in [1.54, 1.807) is 14.0 Å². The number of aliphatic hydroxyl groups is 1. The molecule has 0 fully saturated rings.